The van der Waals surface area contributed by atoms with Gasteiger partial charge < -0.3 is 4.74 Å². The number of rotatable bonds is 2. The molecule has 2 heteroatoms. The molecule has 13 heavy (non-hydrogen) atoms. The van der Waals surface area contributed by atoms with E-state index < -0.39 is 0 Å². The molecule has 0 saturated carbocycles. The number of para-hydroxylation sites is 1. The molecule has 2 rings (SSSR count). The SMILES string of the molecule is Cc1ccccc1OC1CCCN1. The van der Waals surface area contributed by atoms with Crippen LogP contribution in [0.25, 0.3) is 0 Å². The number of aryl methyl sites for hydroxylation is 1. The van der Waals surface area contributed by atoms with E-state index in [-0.39, 0.29) is 6.23 Å². The molecule has 1 saturated heterocycles. The van der Waals surface area contributed by atoms with Crippen LogP contribution in [0.2, 0.25) is 0 Å². The largest absolute Gasteiger partial charge is 0.475 e. The molecule has 0 spiro atoms. The van der Waals surface area contributed by atoms with Gasteiger partial charge in [-0.05, 0) is 37.9 Å². The maximum atomic E-state index is 5.79. The zero-order chi connectivity index (χ0) is 9.10. The van der Waals surface area contributed by atoms with Gasteiger partial charge in [0, 0.05) is 0 Å². The molecule has 0 amide bonds. The van der Waals surface area contributed by atoms with E-state index in [0.717, 1.165) is 18.7 Å². The smallest absolute Gasteiger partial charge is 0.150 e. The van der Waals surface area contributed by atoms with Crippen molar-refractivity contribution in [2.24, 2.45) is 0 Å². The Hall–Kier alpha value is -1.02. The van der Waals surface area contributed by atoms with Crippen molar-refractivity contribution < 1.29 is 4.74 Å². The Morgan fingerprint density at radius 1 is 1.38 bits per heavy atom. The summed E-state index contributed by atoms with van der Waals surface area (Å²) < 4.78 is 5.79. The van der Waals surface area contributed by atoms with Gasteiger partial charge in [-0.3, -0.25) is 5.32 Å². The monoisotopic (exact) mass is 177 g/mol. The fraction of sp³-hybridized carbons (Fsp3) is 0.455. The summed E-state index contributed by atoms with van der Waals surface area (Å²) in [4.78, 5) is 0. The highest BCUT2D eigenvalue weighted by atomic mass is 16.5. The lowest BCUT2D eigenvalue weighted by molar-refractivity contribution is 0.186. The lowest BCUT2D eigenvalue weighted by Crippen LogP contribution is -2.27. The number of hydrogen-bond donors (Lipinski definition) is 1. The Bertz CT molecular complexity index is 279. The first kappa shape index (κ1) is 8.57. The first-order chi connectivity index (χ1) is 6.36. The van der Waals surface area contributed by atoms with E-state index in [0.29, 0.717) is 0 Å². The van der Waals surface area contributed by atoms with E-state index in [4.69, 9.17) is 4.74 Å². The molecule has 0 radical (unpaired) electrons. The van der Waals surface area contributed by atoms with E-state index in [1.807, 2.05) is 18.2 Å². The second-order valence-electron chi connectivity index (χ2n) is 3.47. The van der Waals surface area contributed by atoms with Gasteiger partial charge in [-0.15, -0.1) is 0 Å². The van der Waals surface area contributed by atoms with Gasteiger partial charge in [0.15, 0.2) is 0 Å². The van der Waals surface area contributed by atoms with Gasteiger partial charge in [0.2, 0.25) is 0 Å². The normalized spacial score (nSPS) is 21.8. The molecular weight excluding hydrogens is 162 g/mol. The molecule has 1 fully saturated rings. The second-order valence-corrected chi connectivity index (χ2v) is 3.47. The van der Waals surface area contributed by atoms with Crippen LogP contribution in [-0.2, 0) is 0 Å². The van der Waals surface area contributed by atoms with Crippen LogP contribution in [0.3, 0.4) is 0 Å². The van der Waals surface area contributed by atoms with Crippen LogP contribution in [-0.4, -0.2) is 12.8 Å². The van der Waals surface area contributed by atoms with E-state index in [9.17, 15) is 0 Å². The molecule has 2 nitrogen and oxygen atoms in total. The van der Waals surface area contributed by atoms with Gasteiger partial charge in [-0.2, -0.15) is 0 Å². The third kappa shape index (κ3) is 2.01. The molecule has 1 atom stereocenters. The summed E-state index contributed by atoms with van der Waals surface area (Å²) in [6.07, 6.45) is 2.56. The first-order valence-electron chi connectivity index (χ1n) is 4.82. The molecule has 1 aromatic rings. The average Bonchev–Trinajstić information content (AvgIpc) is 2.61. The summed E-state index contributed by atoms with van der Waals surface area (Å²) in [7, 11) is 0. The topological polar surface area (TPSA) is 21.3 Å². The Morgan fingerprint density at radius 2 is 2.23 bits per heavy atom. The second kappa shape index (κ2) is 3.79. The standard InChI is InChI=1S/C11H15NO/c1-9-5-2-3-6-10(9)13-11-7-4-8-12-11/h2-3,5-6,11-12H,4,7-8H2,1H3. The lowest BCUT2D eigenvalue weighted by Gasteiger charge is -2.14. The zero-order valence-corrected chi connectivity index (χ0v) is 7.92. The summed E-state index contributed by atoms with van der Waals surface area (Å²) in [6.45, 7) is 3.15. The van der Waals surface area contributed by atoms with Crippen LogP contribution in [0.15, 0.2) is 24.3 Å². The van der Waals surface area contributed by atoms with Crippen molar-refractivity contribution in [3.8, 4) is 5.75 Å². The molecule has 1 aliphatic heterocycles. The molecule has 1 aliphatic rings. The van der Waals surface area contributed by atoms with Gasteiger partial charge in [0.25, 0.3) is 0 Å². The van der Waals surface area contributed by atoms with Crippen molar-refractivity contribution in [2.45, 2.75) is 26.0 Å². The molecule has 0 aromatic heterocycles. The van der Waals surface area contributed by atoms with Crippen LogP contribution < -0.4 is 10.1 Å². The van der Waals surface area contributed by atoms with E-state index >= 15 is 0 Å². The van der Waals surface area contributed by atoms with Crippen molar-refractivity contribution in [3.05, 3.63) is 29.8 Å². The van der Waals surface area contributed by atoms with Gasteiger partial charge in [0.1, 0.15) is 12.0 Å². The molecule has 70 valence electrons. The van der Waals surface area contributed by atoms with Crippen molar-refractivity contribution in [1.82, 2.24) is 5.32 Å². The maximum Gasteiger partial charge on any atom is 0.150 e. The van der Waals surface area contributed by atoms with Gasteiger partial charge in [0.05, 0.1) is 0 Å². The summed E-state index contributed by atoms with van der Waals surface area (Å²) in [5, 5.41) is 3.31. The Kier molecular flexibility index (Phi) is 2.50. The Balaban J connectivity index is 2.04. The fourth-order valence-electron chi connectivity index (χ4n) is 1.60. The van der Waals surface area contributed by atoms with Gasteiger partial charge >= 0.3 is 0 Å². The molecule has 1 unspecified atom stereocenters. The van der Waals surface area contributed by atoms with Gasteiger partial charge in [-0.25, -0.2) is 0 Å². The molecule has 1 heterocycles. The number of ether oxygens (including phenoxy) is 1. The average molecular weight is 177 g/mol. The summed E-state index contributed by atoms with van der Waals surface area (Å²) >= 11 is 0. The highest BCUT2D eigenvalue weighted by Gasteiger charge is 2.15. The number of hydrogen-bond acceptors (Lipinski definition) is 2. The van der Waals surface area contributed by atoms with Crippen LogP contribution in [0, 0.1) is 6.92 Å². The fourth-order valence-corrected chi connectivity index (χ4v) is 1.60. The quantitative estimate of drug-likeness (QED) is 0.746. The van der Waals surface area contributed by atoms with E-state index in [1.165, 1.54) is 12.0 Å². The van der Waals surface area contributed by atoms with E-state index in [1.54, 1.807) is 0 Å². The van der Waals surface area contributed by atoms with E-state index in [2.05, 4.69) is 18.3 Å². The summed E-state index contributed by atoms with van der Waals surface area (Å²) in [5.74, 6) is 1.00. The molecule has 1 N–H and O–H groups in total. The molecule has 1 aromatic carbocycles. The van der Waals surface area contributed by atoms with Crippen LogP contribution in [0.1, 0.15) is 18.4 Å². The maximum absolute atomic E-state index is 5.79. The molecule has 0 bridgehead atoms. The van der Waals surface area contributed by atoms with Gasteiger partial charge in [-0.1, -0.05) is 18.2 Å². The predicted molar refractivity (Wildman–Crippen MR) is 52.8 cm³/mol. The molecule has 0 aliphatic carbocycles. The van der Waals surface area contributed by atoms with Crippen molar-refractivity contribution in [2.75, 3.05) is 6.54 Å². The Morgan fingerprint density at radius 3 is 2.92 bits per heavy atom. The highest BCUT2D eigenvalue weighted by molar-refractivity contribution is 5.31. The third-order valence-electron chi connectivity index (χ3n) is 2.38. The number of benzene rings is 1. The minimum Gasteiger partial charge on any atom is -0.475 e. The zero-order valence-electron chi connectivity index (χ0n) is 7.92. The van der Waals surface area contributed by atoms with Crippen molar-refractivity contribution >= 4 is 0 Å². The minimum atomic E-state index is 0.223. The predicted octanol–water partition coefficient (Wildman–Crippen LogP) is 2.08. The van der Waals surface area contributed by atoms with Crippen LogP contribution >= 0.6 is 0 Å². The lowest BCUT2D eigenvalue weighted by atomic mass is 10.2. The first-order valence-corrected chi connectivity index (χ1v) is 4.82. The van der Waals surface area contributed by atoms with Crippen LogP contribution in [0.5, 0.6) is 5.75 Å². The Labute approximate surface area is 78.9 Å². The summed E-state index contributed by atoms with van der Waals surface area (Å²) in [6, 6.07) is 8.14. The summed E-state index contributed by atoms with van der Waals surface area (Å²) in [5.41, 5.74) is 1.20. The minimum absolute atomic E-state index is 0.223. The van der Waals surface area contributed by atoms with Crippen molar-refractivity contribution in [3.63, 3.8) is 0 Å². The highest BCUT2D eigenvalue weighted by Crippen LogP contribution is 2.19. The number of nitrogens with one attached hydrogen (secondary N) is 1. The van der Waals surface area contributed by atoms with Crippen molar-refractivity contribution in [1.29, 1.82) is 0 Å². The molecular formula is C11H15NO. The third-order valence-corrected chi connectivity index (χ3v) is 2.38. The van der Waals surface area contributed by atoms with Crippen LogP contribution in [0.4, 0.5) is 0 Å².